The lowest BCUT2D eigenvalue weighted by Crippen LogP contribution is -2.29. The van der Waals surface area contributed by atoms with Crippen molar-refractivity contribution < 1.29 is 43.5 Å². The van der Waals surface area contributed by atoms with Crippen LogP contribution in [0.2, 0.25) is 0 Å². The topological polar surface area (TPSA) is 133 Å². The molecule has 3 rings (SSSR count). The van der Waals surface area contributed by atoms with E-state index < -0.39 is 24.3 Å². The fourth-order valence-corrected chi connectivity index (χ4v) is 3.46. The summed E-state index contributed by atoms with van der Waals surface area (Å²) in [6.07, 6.45) is 1.04. The molecule has 1 heterocycles. The predicted octanol–water partition coefficient (Wildman–Crippen LogP) is 4.25. The summed E-state index contributed by atoms with van der Waals surface area (Å²) in [5.74, 6) is 0.183. The van der Waals surface area contributed by atoms with Crippen LogP contribution in [0.3, 0.4) is 0 Å². The number of carboxylic acids is 1. The number of phenols is 1. The number of amides is 1. The van der Waals surface area contributed by atoms with Crippen molar-refractivity contribution in [2.24, 2.45) is 0 Å². The molecular formula is C24H27NO9. The summed E-state index contributed by atoms with van der Waals surface area (Å²) < 4.78 is 27.3. The Bertz CT molecular complexity index is 1040. The summed E-state index contributed by atoms with van der Waals surface area (Å²) in [5, 5.41) is 21.7. The van der Waals surface area contributed by atoms with Crippen LogP contribution >= 0.6 is 0 Å². The van der Waals surface area contributed by atoms with Gasteiger partial charge in [-0.25, -0.2) is 9.59 Å². The van der Waals surface area contributed by atoms with Crippen LogP contribution in [0.25, 0.3) is 0 Å². The number of allylic oxidation sites excluding steroid dienone is 1. The number of hydrogen-bond acceptors (Lipinski definition) is 8. The highest BCUT2D eigenvalue weighted by atomic mass is 16.7. The molecule has 0 saturated carbocycles. The van der Waals surface area contributed by atoms with Gasteiger partial charge in [0.05, 0.1) is 13.2 Å². The molecule has 1 aliphatic rings. The van der Waals surface area contributed by atoms with E-state index in [4.69, 9.17) is 28.8 Å². The molecule has 10 nitrogen and oxygen atoms in total. The number of aliphatic carboxylic acids is 1. The molecule has 34 heavy (non-hydrogen) atoms. The SMILES string of the molecule is CCO[C@@H](CC/C=C/C(=O)O)[C@@H](OC(=O)Nc1ccc2c(c1)OCO2)c1ccc(OC)c(O)c1. The second-order valence-corrected chi connectivity index (χ2v) is 7.26. The summed E-state index contributed by atoms with van der Waals surface area (Å²) in [4.78, 5) is 23.6. The van der Waals surface area contributed by atoms with Crippen LogP contribution in [0.1, 0.15) is 31.4 Å². The molecule has 10 heteroatoms. The maximum absolute atomic E-state index is 12.8. The van der Waals surface area contributed by atoms with Gasteiger partial charge in [-0.2, -0.15) is 0 Å². The number of ether oxygens (including phenoxy) is 5. The summed E-state index contributed by atoms with van der Waals surface area (Å²) in [7, 11) is 1.43. The van der Waals surface area contributed by atoms with Crippen LogP contribution < -0.4 is 19.5 Å². The van der Waals surface area contributed by atoms with Gasteiger partial charge >= 0.3 is 12.1 Å². The molecule has 0 bridgehead atoms. The van der Waals surface area contributed by atoms with Crippen LogP contribution in [-0.2, 0) is 14.3 Å². The molecule has 1 aliphatic heterocycles. The van der Waals surface area contributed by atoms with Gasteiger partial charge in [-0.15, -0.1) is 0 Å². The first-order valence-corrected chi connectivity index (χ1v) is 10.7. The van der Waals surface area contributed by atoms with Gasteiger partial charge in [0, 0.05) is 24.4 Å². The van der Waals surface area contributed by atoms with Gasteiger partial charge in [-0.1, -0.05) is 12.1 Å². The lowest BCUT2D eigenvalue weighted by atomic mass is 9.99. The molecule has 0 aromatic heterocycles. The number of anilines is 1. The standard InChI is InChI=1S/C24H27NO9/c1-3-31-20(6-4-5-7-22(27)28)23(15-8-10-18(30-2)17(26)12-15)34-24(29)25-16-9-11-19-21(13-16)33-14-32-19/h5,7-13,20,23,26H,3-4,6,14H2,1-2H3,(H,25,29)(H,27,28)/b7-5+/t20-,23-/m0/s1. The quantitative estimate of drug-likeness (QED) is 0.410. The van der Waals surface area contributed by atoms with Crippen molar-refractivity contribution in [3.8, 4) is 23.0 Å². The molecule has 0 unspecified atom stereocenters. The van der Waals surface area contributed by atoms with Crippen LogP contribution in [0.4, 0.5) is 10.5 Å². The number of phenolic OH excluding ortho intramolecular Hbond substituents is 1. The second kappa shape index (κ2) is 11.8. The molecule has 0 aliphatic carbocycles. The molecule has 2 atom stereocenters. The van der Waals surface area contributed by atoms with E-state index in [1.807, 2.05) is 0 Å². The van der Waals surface area contributed by atoms with Gasteiger partial charge in [0.1, 0.15) is 0 Å². The average molecular weight is 473 g/mol. The third kappa shape index (κ3) is 6.55. The zero-order valence-corrected chi connectivity index (χ0v) is 18.9. The Morgan fingerprint density at radius 1 is 1.18 bits per heavy atom. The summed E-state index contributed by atoms with van der Waals surface area (Å²) >= 11 is 0. The minimum absolute atomic E-state index is 0.110. The number of methoxy groups -OCH3 is 1. The lowest BCUT2D eigenvalue weighted by molar-refractivity contribution is -0.131. The Hall–Kier alpha value is -3.92. The third-order valence-electron chi connectivity index (χ3n) is 4.98. The second-order valence-electron chi connectivity index (χ2n) is 7.26. The Morgan fingerprint density at radius 2 is 1.97 bits per heavy atom. The van der Waals surface area contributed by atoms with E-state index in [1.165, 1.54) is 19.3 Å². The fourth-order valence-electron chi connectivity index (χ4n) is 3.46. The van der Waals surface area contributed by atoms with Crippen LogP contribution in [0.15, 0.2) is 48.6 Å². The lowest BCUT2D eigenvalue weighted by Gasteiger charge is -2.27. The molecule has 0 fully saturated rings. The first-order chi connectivity index (χ1) is 16.4. The molecular weight excluding hydrogens is 446 g/mol. The minimum atomic E-state index is -1.05. The Labute approximate surface area is 196 Å². The van der Waals surface area contributed by atoms with Crippen molar-refractivity contribution in [2.45, 2.75) is 32.0 Å². The van der Waals surface area contributed by atoms with Crippen molar-refractivity contribution in [1.82, 2.24) is 0 Å². The smallest absolute Gasteiger partial charge is 0.412 e. The first-order valence-electron chi connectivity index (χ1n) is 10.7. The van der Waals surface area contributed by atoms with E-state index in [2.05, 4.69) is 5.32 Å². The molecule has 2 aromatic rings. The average Bonchev–Trinajstić information content (AvgIpc) is 3.27. The molecule has 0 radical (unpaired) electrons. The maximum atomic E-state index is 12.8. The van der Waals surface area contributed by atoms with Gasteiger partial charge < -0.3 is 33.9 Å². The normalized spacial score (nSPS) is 13.9. The molecule has 0 saturated heterocycles. The van der Waals surface area contributed by atoms with E-state index in [1.54, 1.807) is 37.3 Å². The van der Waals surface area contributed by atoms with Gasteiger partial charge in [-0.3, -0.25) is 5.32 Å². The summed E-state index contributed by atoms with van der Waals surface area (Å²) in [6.45, 7) is 2.24. The summed E-state index contributed by atoms with van der Waals surface area (Å²) in [6, 6.07) is 9.61. The van der Waals surface area contributed by atoms with Crippen molar-refractivity contribution >= 4 is 17.7 Å². The van der Waals surface area contributed by atoms with E-state index in [-0.39, 0.29) is 18.3 Å². The van der Waals surface area contributed by atoms with Crippen molar-refractivity contribution in [3.63, 3.8) is 0 Å². The molecule has 1 amide bonds. The highest BCUT2D eigenvalue weighted by Crippen LogP contribution is 2.36. The number of carbonyl (C=O) groups is 2. The number of hydrogen-bond donors (Lipinski definition) is 3. The zero-order valence-electron chi connectivity index (χ0n) is 18.9. The number of rotatable bonds is 11. The Kier molecular flexibility index (Phi) is 8.58. The molecule has 2 aromatic carbocycles. The number of benzene rings is 2. The Balaban J connectivity index is 1.81. The van der Waals surface area contributed by atoms with E-state index in [0.29, 0.717) is 42.2 Å². The monoisotopic (exact) mass is 473 g/mol. The largest absolute Gasteiger partial charge is 0.504 e. The van der Waals surface area contributed by atoms with Crippen molar-refractivity contribution in [2.75, 3.05) is 25.8 Å². The van der Waals surface area contributed by atoms with Gasteiger partial charge in [0.2, 0.25) is 6.79 Å². The minimum Gasteiger partial charge on any atom is -0.504 e. The zero-order chi connectivity index (χ0) is 24.5. The maximum Gasteiger partial charge on any atom is 0.412 e. The molecule has 0 spiro atoms. The first kappa shape index (κ1) is 24.7. The van der Waals surface area contributed by atoms with Crippen molar-refractivity contribution in [1.29, 1.82) is 0 Å². The number of carbonyl (C=O) groups excluding carboxylic acids is 1. The van der Waals surface area contributed by atoms with Crippen LogP contribution in [-0.4, -0.2) is 48.9 Å². The Morgan fingerprint density at radius 3 is 2.68 bits per heavy atom. The highest BCUT2D eigenvalue weighted by molar-refractivity contribution is 5.85. The van der Waals surface area contributed by atoms with Crippen LogP contribution in [0, 0.1) is 0 Å². The number of fused-ring (bicyclic) bond motifs is 1. The third-order valence-corrected chi connectivity index (χ3v) is 4.98. The molecule has 182 valence electrons. The van der Waals surface area contributed by atoms with Gasteiger partial charge in [0.25, 0.3) is 0 Å². The predicted molar refractivity (Wildman–Crippen MR) is 121 cm³/mol. The number of aromatic hydroxyl groups is 1. The van der Waals surface area contributed by atoms with Crippen molar-refractivity contribution in [3.05, 3.63) is 54.1 Å². The number of nitrogens with one attached hydrogen (secondary N) is 1. The van der Waals surface area contributed by atoms with E-state index >= 15 is 0 Å². The van der Waals surface area contributed by atoms with Gasteiger partial charge in [0.15, 0.2) is 29.1 Å². The highest BCUT2D eigenvalue weighted by Gasteiger charge is 2.28. The number of carboxylic acid groups (broad SMARTS) is 1. The van der Waals surface area contributed by atoms with E-state index in [0.717, 1.165) is 6.08 Å². The van der Waals surface area contributed by atoms with E-state index in [9.17, 15) is 14.7 Å². The summed E-state index contributed by atoms with van der Waals surface area (Å²) in [5.41, 5.74) is 0.933. The van der Waals surface area contributed by atoms with Gasteiger partial charge in [-0.05, 0) is 49.6 Å². The fraction of sp³-hybridized carbons (Fsp3) is 0.333. The van der Waals surface area contributed by atoms with Crippen LogP contribution in [0.5, 0.6) is 23.0 Å². The molecule has 3 N–H and O–H groups in total.